The molecule has 0 aliphatic carbocycles. The molecular weight excluding hydrogens is 444 g/mol. The van der Waals surface area contributed by atoms with Gasteiger partial charge in [0.05, 0.1) is 18.8 Å². The van der Waals surface area contributed by atoms with Crippen LogP contribution in [0.5, 0.6) is 11.5 Å². The Morgan fingerprint density at radius 3 is 2.68 bits per heavy atom. The van der Waals surface area contributed by atoms with E-state index in [2.05, 4.69) is 26.6 Å². The van der Waals surface area contributed by atoms with Crippen molar-refractivity contribution in [2.75, 3.05) is 32.2 Å². The highest BCUT2D eigenvalue weighted by atomic mass is 79.9. The molecule has 8 heteroatoms. The van der Waals surface area contributed by atoms with Gasteiger partial charge in [-0.2, -0.15) is 0 Å². The summed E-state index contributed by atoms with van der Waals surface area (Å²) >= 11 is 8.65. The zero-order valence-electron chi connectivity index (χ0n) is 15.8. The summed E-state index contributed by atoms with van der Waals surface area (Å²) in [5.74, 6) is 0.842. The number of halogens is 1. The maximum Gasteiger partial charge on any atom is 0.261 e. The summed E-state index contributed by atoms with van der Waals surface area (Å²) in [6, 6.07) is 12.6. The number of hydrogen-bond donors (Lipinski definition) is 2. The minimum atomic E-state index is -0.350. The molecule has 0 spiro atoms. The number of nitrogens with one attached hydrogen (secondary N) is 2. The first-order valence-electron chi connectivity index (χ1n) is 8.80. The van der Waals surface area contributed by atoms with E-state index in [9.17, 15) is 4.79 Å². The molecule has 1 amide bonds. The van der Waals surface area contributed by atoms with Crippen molar-refractivity contribution in [2.24, 2.45) is 0 Å². The van der Waals surface area contributed by atoms with E-state index < -0.39 is 0 Å². The molecule has 2 N–H and O–H groups in total. The largest absolute Gasteiger partial charge is 0.493 e. The topological polar surface area (TPSA) is 68.8 Å². The predicted octanol–water partition coefficient (Wildman–Crippen LogP) is 4.39. The molecule has 0 aliphatic heterocycles. The van der Waals surface area contributed by atoms with Crippen LogP contribution in [0.3, 0.4) is 0 Å². The first-order chi connectivity index (χ1) is 13.5. The van der Waals surface area contributed by atoms with Crippen LogP contribution in [0.1, 0.15) is 23.7 Å². The lowest BCUT2D eigenvalue weighted by atomic mass is 10.2. The van der Waals surface area contributed by atoms with Crippen LogP contribution in [0.25, 0.3) is 0 Å². The molecule has 0 unspecified atom stereocenters. The molecule has 0 aromatic heterocycles. The van der Waals surface area contributed by atoms with Crippen LogP contribution in [0.4, 0.5) is 5.69 Å². The second-order valence-electron chi connectivity index (χ2n) is 5.77. The van der Waals surface area contributed by atoms with E-state index in [0.29, 0.717) is 42.6 Å². The maximum atomic E-state index is 12.6. The summed E-state index contributed by atoms with van der Waals surface area (Å²) in [4.78, 5) is 12.6. The molecule has 2 aromatic rings. The molecule has 0 bridgehead atoms. The standard InChI is InChI=1S/C20H23BrN2O4S/c1-3-9-27-18-8-7-14(21)12-17(18)19(24)23-20(28)22-15-5-4-6-16(13-15)26-11-10-25-2/h4-8,12-13H,3,9-11H2,1-2H3,(H2,22,23,24,28). The highest BCUT2D eigenvalue weighted by Crippen LogP contribution is 2.23. The van der Waals surface area contributed by atoms with Crippen molar-refractivity contribution in [3.8, 4) is 11.5 Å². The fraction of sp³-hybridized carbons (Fsp3) is 0.300. The van der Waals surface area contributed by atoms with Gasteiger partial charge in [-0.05, 0) is 49.0 Å². The number of carbonyl (C=O) groups excluding carboxylic acids is 1. The average molecular weight is 467 g/mol. The van der Waals surface area contributed by atoms with E-state index in [-0.39, 0.29) is 11.0 Å². The Morgan fingerprint density at radius 1 is 1.11 bits per heavy atom. The predicted molar refractivity (Wildman–Crippen MR) is 117 cm³/mol. The van der Waals surface area contributed by atoms with Crippen molar-refractivity contribution in [1.29, 1.82) is 0 Å². The van der Waals surface area contributed by atoms with Gasteiger partial charge >= 0.3 is 0 Å². The van der Waals surface area contributed by atoms with Crippen molar-refractivity contribution in [3.63, 3.8) is 0 Å². The van der Waals surface area contributed by atoms with Crippen LogP contribution in [-0.4, -0.2) is 38.0 Å². The second kappa shape index (κ2) is 11.6. The van der Waals surface area contributed by atoms with Crippen LogP contribution in [0.15, 0.2) is 46.9 Å². The van der Waals surface area contributed by atoms with Gasteiger partial charge < -0.3 is 19.5 Å². The lowest BCUT2D eigenvalue weighted by Crippen LogP contribution is -2.34. The summed E-state index contributed by atoms with van der Waals surface area (Å²) in [6.07, 6.45) is 0.847. The van der Waals surface area contributed by atoms with Crippen LogP contribution in [-0.2, 0) is 4.74 Å². The van der Waals surface area contributed by atoms with Gasteiger partial charge in [0.1, 0.15) is 18.1 Å². The lowest BCUT2D eigenvalue weighted by Gasteiger charge is -2.14. The van der Waals surface area contributed by atoms with Crippen LogP contribution in [0, 0.1) is 0 Å². The minimum absolute atomic E-state index is 0.181. The van der Waals surface area contributed by atoms with Gasteiger partial charge in [-0.3, -0.25) is 10.1 Å². The minimum Gasteiger partial charge on any atom is -0.493 e. The molecular formula is C20H23BrN2O4S. The van der Waals surface area contributed by atoms with E-state index in [4.69, 9.17) is 26.4 Å². The van der Waals surface area contributed by atoms with Crippen LogP contribution in [0.2, 0.25) is 0 Å². The van der Waals surface area contributed by atoms with Crippen molar-refractivity contribution in [2.45, 2.75) is 13.3 Å². The van der Waals surface area contributed by atoms with Gasteiger partial charge in [-0.1, -0.05) is 28.9 Å². The van der Waals surface area contributed by atoms with Gasteiger partial charge in [-0.15, -0.1) is 0 Å². The van der Waals surface area contributed by atoms with E-state index in [1.807, 2.05) is 31.2 Å². The molecule has 2 aromatic carbocycles. The smallest absolute Gasteiger partial charge is 0.261 e. The Hall–Kier alpha value is -2.16. The number of methoxy groups -OCH3 is 1. The number of hydrogen-bond acceptors (Lipinski definition) is 5. The van der Waals surface area contributed by atoms with Crippen LogP contribution < -0.4 is 20.1 Å². The number of anilines is 1. The molecule has 6 nitrogen and oxygen atoms in total. The van der Waals surface area contributed by atoms with Gasteiger partial charge in [0.25, 0.3) is 5.91 Å². The molecule has 2 rings (SSSR count). The summed E-state index contributed by atoms with van der Waals surface area (Å²) in [7, 11) is 1.62. The summed E-state index contributed by atoms with van der Waals surface area (Å²) < 4.78 is 17.0. The van der Waals surface area contributed by atoms with Crippen molar-refractivity contribution >= 4 is 44.9 Å². The average Bonchev–Trinajstić information content (AvgIpc) is 2.67. The Balaban J connectivity index is 2.00. The third-order valence-corrected chi connectivity index (χ3v) is 4.22. The molecule has 0 radical (unpaired) electrons. The number of benzene rings is 2. The molecule has 28 heavy (non-hydrogen) atoms. The normalized spacial score (nSPS) is 10.2. The summed E-state index contributed by atoms with van der Waals surface area (Å²) in [5.41, 5.74) is 1.11. The van der Waals surface area contributed by atoms with Crippen LogP contribution >= 0.6 is 28.1 Å². The van der Waals surface area contributed by atoms with E-state index in [1.165, 1.54) is 0 Å². The molecule has 0 aliphatic rings. The first-order valence-corrected chi connectivity index (χ1v) is 10.00. The third-order valence-electron chi connectivity index (χ3n) is 3.52. The Morgan fingerprint density at radius 2 is 1.93 bits per heavy atom. The number of thiocarbonyl (C=S) groups is 1. The van der Waals surface area contributed by atoms with Crippen molar-refractivity contribution in [1.82, 2.24) is 5.32 Å². The Labute approximate surface area is 178 Å². The number of rotatable bonds is 9. The number of ether oxygens (including phenoxy) is 3. The molecule has 0 heterocycles. The number of amides is 1. The Bertz CT molecular complexity index is 817. The van der Waals surface area contributed by atoms with E-state index >= 15 is 0 Å². The maximum absolute atomic E-state index is 12.6. The zero-order valence-corrected chi connectivity index (χ0v) is 18.2. The van der Waals surface area contributed by atoms with E-state index in [0.717, 1.165) is 10.9 Å². The highest BCUT2D eigenvalue weighted by molar-refractivity contribution is 9.10. The van der Waals surface area contributed by atoms with Gasteiger partial charge in [0, 0.05) is 23.3 Å². The SMILES string of the molecule is CCCOc1ccc(Br)cc1C(=O)NC(=S)Nc1cccc(OCCOC)c1. The highest BCUT2D eigenvalue weighted by Gasteiger charge is 2.15. The molecule has 0 saturated heterocycles. The molecule has 0 saturated carbocycles. The zero-order chi connectivity index (χ0) is 20.4. The third kappa shape index (κ3) is 7.10. The van der Waals surface area contributed by atoms with Gasteiger partial charge in [0.15, 0.2) is 5.11 Å². The monoisotopic (exact) mass is 466 g/mol. The Kier molecular flexibility index (Phi) is 9.19. The van der Waals surface area contributed by atoms with Gasteiger partial charge in [0.2, 0.25) is 0 Å². The van der Waals surface area contributed by atoms with Crippen molar-refractivity contribution in [3.05, 3.63) is 52.5 Å². The van der Waals surface area contributed by atoms with Gasteiger partial charge in [-0.25, -0.2) is 0 Å². The quantitative estimate of drug-likeness (QED) is 0.421. The summed E-state index contributed by atoms with van der Waals surface area (Å²) in [5, 5.41) is 5.85. The van der Waals surface area contributed by atoms with E-state index in [1.54, 1.807) is 25.3 Å². The molecule has 150 valence electrons. The lowest BCUT2D eigenvalue weighted by molar-refractivity contribution is 0.0973. The second-order valence-corrected chi connectivity index (χ2v) is 7.09. The number of carbonyl (C=O) groups is 1. The molecule has 0 fully saturated rings. The fourth-order valence-corrected chi connectivity index (χ4v) is 2.83. The van der Waals surface area contributed by atoms with Crippen molar-refractivity contribution < 1.29 is 19.0 Å². The molecule has 0 atom stereocenters. The first kappa shape index (κ1) is 22.1. The fourth-order valence-electron chi connectivity index (χ4n) is 2.26. The summed E-state index contributed by atoms with van der Waals surface area (Å²) in [6.45, 7) is 3.48.